The number of aliphatic hydroxyl groups is 1. The van der Waals surface area contributed by atoms with Gasteiger partial charge in [0.25, 0.3) is 0 Å². The lowest BCUT2D eigenvalue weighted by molar-refractivity contribution is 0.0825. The summed E-state index contributed by atoms with van der Waals surface area (Å²) >= 11 is 0. The highest BCUT2D eigenvalue weighted by molar-refractivity contribution is 5.08. The van der Waals surface area contributed by atoms with Crippen molar-refractivity contribution in [1.82, 2.24) is 14.8 Å². The van der Waals surface area contributed by atoms with Crippen LogP contribution in [0, 0.1) is 11.7 Å². The molecule has 1 N–H and O–H groups in total. The quantitative estimate of drug-likeness (QED) is 0.758. The minimum atomic E-state index is -0.663. The van der Waals surface area contributed by atoms with Crippen molar-refractivity contribution in [2.24, 2.45) is 5.92 Å². The molecular weight excluding hydrogens is 269 g/mol. The molecule has 0 saturated heterocycles. The Kier molecular flexibility index (Phi) is 7.78. The second-order valence-electron chi connectivity index (χ2n) is 5.93. The first kappa shape index (κ1) is 18.0. The van der Waals surface area contributed by atoms with E-state index < -0.39 is 6.10 Å². The maximum absolute atomic E-state index is 12.9. The van der Waals surface area contributed by atoms with Gasteiger partial charge in [-0.25, -0.2) is 4.39 Å². The standard InChI is InChI=1S/C16H28FN3O/c1-5-8-20(10-9-19(3)4)12-13(2)16(21)15-7-6-14(17)11-18-15/h6-7,11,13,16,21H,5,8-10,12H2,1-4H3. The minimum Gasteiger partial charge on any atom is -0.386 e. The Hall–Kier alpha value is -1.04. The zero-order chi connectivity index (χ0) is 15.8. The van der Waals surface area contributed by atoms with E-state index in [2.05, 4.69) is 35.8 Å². The third kappa shape index (κ3) is 6.50. The zero-order valence-corrected chi connectivity index (χ0v) is 13.6. The molecule has 0 aliphatic carbocycles. The maximum atomic E-state index is 12.9. The average Bonchev–Trinajstić information content (AvgIpc) is 2.45. The van der Waals surface area contributed by atoms with Crippen LogP contribution >= 0.6 is 0 Å². The van der Waals surface area contributed by atoms with Gasteiger partial charge < -0.3 is 14.9 Å². The molecule has 2 unspecified atom stereocenters. The van der Waals surface area contributed by atoms with Gasteiger partial charge in [0.1, 0.15) is 5.82 Å². The van der Waals surface area contributed by atoms with Gasteiger partial charge in [0.15, 0.2) is 0 Å². The molecule has 5 heteroatoms. The molecule has 0 bridgehead atoms. The van der Waals surface area contributed by atoms with E-state index in [-0.39, 0.29) is 11.7 Å². The summed E-state index contributed by atoms with van der Waals surface area (Å²) in [7, 11) is 4.12. The van der Waals surface area contributed by atoms with Crippen molar-refractivity contribution in [2.45, 2.75) is 26.4 Å². The number of halogens is 1. The average molecular weight is 297 g/mol. The van der Waals surface area contributed by atoms with Gasteiger partial charge in [0.2, 0.25) is 0 Å². The maximum Gasteiger partial charge on any atom is 0.141 e. The fraction of sp³-hybridized carbons (Fsp3) is 0.688. The number of aromatic nitrogens is 1. The van der Waals surface area contributed by atoms with Gasteiger partial charge in [-0.05, 0) is 39.2 Å². The van der Waals surface area contributed by atoms with E-state index in [1.54, 1.807) is 6.07 Å². The van der Waals surface area contributed by atoms with Crippen LogP contribution in [0.5, 0.6) is 0 Å². The van der Waals surface area contributed by atoms with Gasteiger partial charge in [-0.15, -0.1) is 0 Å². The molecule has 0 spiro atoms. The van der Waals surface area contributed by atoms with Crippen LogP contribution < -0.4 is 0 Å². The molecular formula is C16H28FN3O. The summed E-state index contributed by atoms with van der Waals surface area (Å²) in [6.07, 6.45) is 1.58. The molecule has 0 aliphatic rings. The van der Waals surface area contributed by atoms with Crippen LogP contribution in [0.4, 0.5) is 4.39 Å². The van der Waals surface area contributed by atoms with E-state index in [1.807, 2.05) is 6.92 Å². The largest absolute Gasteiger partial charge is 0.386 e. The summed E-state index contributed by atoms with van der Waals surface area (Å²) in [4.78, 5) is 8.49. The molecule has 1 aromatic rings. The monoisotopic (exact) mass is 297 g/mol. The molecule has 21 heavy (non-hydrogen) atoms. The fourth-order valence-electron chi connectivity index (χ4n) is 2.31. The van der Waals surface area contributed by atoms with E-state index in [4.69, 9.17) is 0 Å². The first-order valence-corrected chi connectivity index (χ1v) is 7.60. The highest BCUT2D eigenvalue weighted by atomic mass is 19.1. The van der Waals surface area contributed by atoms with Crippen molar-refractivity contribution in [3.05, 3.63) is 29.8 Å². The van der Waals surface area contributed by atoms with Gasteiger partial charge in [-0.2, -0.15) is 0 Å². The fourth-order valence-corrected chi connectivity index (χ4v) is 2.31. The molecule has 4 nitrogen and oxygen atoms in total. The van der Waals surface area contributed by atoms with Gasteiger partial charge >= 0.3 is 0 Å². The first-order valence-electron chi connectivity index (χ1n) is 7.60. The van der Waals surface area contributed by atoms with Gasteiger partial charge in [0.05, 0.1) is 18.0 Å². The summed E-state index contributed by atoms with van der Waals surface area (Å²) in [6.45, 7) is 7.97. The van der Waals surface area contributed by atoms with Crippen LogP contribution in [-0.4, -0.2) is 60.2 Å². The number of hydrogen-bond donors (Lipinski definition) is 1. The van der Waals surface area contributed by atoms with Crippen LogP contribution in [0.25, 0.3) is 0 Å². The third-order valence-electron chi connectivity index (χ3n) is 3.54. The van der Waals surface area contributed by atoms with E-state index >= 15 is 0 Å². The third-order valence-corrected chi connectivity index (χ3v) is 3.54. The number of likely N-dealkylation sites (N-methyl/N-ethyl adjacent to an activating group) is 1. The Balaban J connectivity index is 2.58. The van der Waals surface area contributed by atoms with Crippen LogP contribution in [0.1, 0.15) is 32.1 Å². The summed E-state index contributed by atoms with van der Waals surface area (Å²) in [5.74, 6) is -0.325. The van der Waals surface area contributed by atoms with E-state index in [1.165, 1.54) is 6.07 Å². The predicted octanol–water partition coefficient (Wildman–Crippen LogP) is 2.16. The van der Waals surface area contributed by atoms with Crippen LogP contribution in [0.3, 0.4) is 0 Å². The second kappa shape index (κ2) is 9.07. The number of nitrogens with zero attached hydrogens (tertiary/aromatic N) is 3. The number of aliphatic hydroxyl groups excluding tert-OH is 1. The molecule has 1 heterocycles. The van der Waals surface area contributed by atoms with Crippen molar-refractivity contribution >= 4 is 0 Å². The lowest BCUT2D eigenvalue weighted by Crippen LogP contribution is -2.36. The molecule has 0 radical (unpaired) electrons. The predicted molar refractivity (Wildman–Crippen MR) is 83.6 cm³/mol. The number of hydrogen-bond acceptors (Lipinski definition) is 4. The molecule has 0 saturated carbocycles. The van der Waals surface area contributed by atoms with Crippen molar-refractivity contribution in [2.75, 3.05) is 40.3 Å². The molecule has 0 aliphatic heterocycles. The van der Waals surface area contributed by atoms with Gasteiger partial charge in [-0.3, -0.25) is 4.98 Å². The van der Waals surface area contributed by atoms with Crippen LogP contribution in [0.15, 0.2) is 18.3 Å². The normalized spacial score (nSPS) is 14.7. The van der Waals surface area contributed by atoms with Crippen molar-refractivity contribution in [1.29, 1.82) is 0 Å². The Labute approximate surface area is 127 Å². The molecule has 1 rings (SSSR count). The Morgan fingerprint density at radius 3 is 2.48 bits per heavy atom. The molecule has 0 amide bonds. The highest BCUT2D eigenvalue weighted by Gasteiger charge is 2.20. The first-order chi connectivity index (χ1) is 9.93. The summed E-state index contributed by atoms with van der Waals surface area (Å²) in [5.41, 5.74) is 0.535. The van der Waals surface area contributed by atoms with Crippen LogP contribution in [-0.2, 0) is 0 Å². The van der Waals surface area contributed by atoms with Crippen LogP contribution in [0.2, 0.25) is 0 Å². The lowest BCUT2D eigenvalue weighted by Gasteiger charge is -2.28. The molecule has 1 aromatic heterocycles. The second-order valence-corrected chi connectivity index (χ2v) is 5.93. The summed E-state index contributed by atoms with van der Waals surface area (Å²) in [5, 5.41) is 10.4. The Bertz CT molecular complexity index is 397. The minimum absolute atomic E-state index is 0.0525. The van der Waals surface area contributed by atoms with E-state index in [0.717, 1.165) is 38.8 Å². The summed E-state index contributed by atoms with van der Waals surface area (Å²) in [6, 6.07) is 2.90. The molecule has 2 atom stereocenters. The topological polar surface area (TPSA) is 39.6 Å². The molecule has 0 fully saturated rings. The zero-order valence-electron chi connectivity index (χ0n) is 13.6. The smallest absolute Gasteiger partial charge is 0.141 e. The summed E-state index contributed by atoms with van der Waals surface area (Å²) < 4.78 is 12.9. The lowest BCUT2D eigenvalue weighted by atomic mass is 10.0. The SMILES string of the molecule is CCCN(CCN(C)C)CC(C)C(O)c1ccc(F)cn1. The van der Waals surface area contributed by atoms with Gasteiger partial charge in [0, 0.05) is 25.6 Å². The Morgan fingerprint density at radius 1 is 1.24 bits per heavy atom. The van der Waals surface area contributed by atoms with Crippen molar-refractivity contribution in [3.63, 3.8) is 0 Å². The number of pyridine rings is 1. The Morgan fingerprint density at radius 2 is 1.95 bits per heavy atom. The molecule has 0 aromatic carbocycles. The van der Waals surface area contributed by atoms with E-state index in [9.17, 15) is 9.50 Å². The van der Waals surface area contributed by atoms with Gasteiger partial charge in [-0.1, -0.05) is 13.8 Å². The number of rotatable bonds is 9. The highest BCUT2D eigenvalue weighted by Crippen LogP contribution is 2.21. The van der Waals surface area contributed by atoms with Crippen molar-refractivity contribution in [3.8, 4) is 0 Å². The van der Waals surface area contributed by atoms with E-state index in [0.29, 0.717) is 5.69 Å². The molecule has 120 valence electrons. The van der Waals surface area contributed by atoms with Crippen molar-refractivity contribution < 1.29 is 9.50 Å².